The summed E-state index contributed by atoms with van der Waals surface area (Å²) < 4.78 is 99.7. The molecule has 1 saturated carbocycles. The first-order chi connectivity index (χ1) is 20.5. The van der Waals surface area contributed by atoms with Crippen molar-refractivity contribution < 1.29 is 45.1 Å². The van der Waals surface area contributed by atoms with Crippen molar-refractivity contribution in [1.29, 1.82) is 0 Å². The molecule has 240 valence electrons. The lowest BCUT2D eigenvalue weighted by molar-refractivity contribution is -0.182. The van der Waals surface area contributed by atoms with E-state index in [0.29, 0.717) is 0 Å². The maximum Gasteiger partial charge on any atom is 0.391 e. The summed E-state index contributed by atoms with van der Waals surface area (Å²) in [5.74, 6) is -5.34. The minimum atomic E-state index is -4.33. The standard InChI is InChI=1S/C28H31F7N6O3/c1-27(2,3)25(43)36-11-13-4-9-17(29)21(20(13)32)39-26-38-18-10-16(24(40-22(18)41-26)44-12-19(30)31)23(42)37-15-7-5-14(6-8-15)28(33,34)35/h4,9-10,14-15,19H,5-8,11-12H2,1-3H3,(H,36,43)(H,37,42)(H2,38,39,40,41). The molecule has 0 saturated heterocycles. The summed E-state index contributed by atoms with van der Waals surface area (Å²) in [7, 11) is 0. The smallest absolute Gasteiger partial charge is 0.391 e. The number of fused-ring (bicyclic) bond motifs is 1. The van der Waals surface area contributed by atoms with Gasteiger partial charge in [-0.05, 0) is 37.8 Å². The Morgan fingerprint density at radius 3 is 2.36 bits per heavy atom. The van der Waals surface area contributed by atoms with Gasteiger partial charge in [0.05, 0.1) is 11.4 Å². The van der Waals surface area contributed by atoms with E-state index in [1.54, 1.807) is 20.8 Å². The third kappa shape index (κ3) is 7.88. The van der Waals surface area contributed by atoms with E-state index >= 15 is 4.39 Å². The molecule has 0 aliphatic heterocycles. The Labute approximate surface area is 247 Å². The molecular weight excluding hydrogens is 601 g/mol. The fourth-order valence-corrected chi connectivity index (χ4v) is 4.63. The largest absolute Gasteiger partial charge is 0.471 e. The number of alkyl halides is 5. The molecule has 9 nitrogen and oxygen atoms in total. The highest BCUT2D eigenvalue weighted by Crippen LogP contribution is 2.37. The molecular formula is C28H31F7N6O3. The normalized spacial score (nSPS) is 17.5. The number of pyridine rings is 1. The Bertz CT molecular complexity index is 1510. The van der Waals surface area contributed by atoms with Crippen molar-refractivity contribution in [3.05, 3.63) is 41.0 Å². The highest BCUT2D eigenvalue weighted by molar-refractivity contribution is 5.99. The van der Waals surface area contributed by atoms with Crippen LogP contribution >= 0.6 is 0 Å². The minimum Gasteiger partial charge on any atom is -0.471 e. The Balaban J connectivity index is 1.56. The lowest BCUT2D eigenvalue weighted by Gasteiger charge is -2.30. The fraction of sp³-hybridized carbons (Fsp3) is 0.500. The van der Waals surface area contributed by atoms with E-state index in [-0.39, 0.29) is 66.4 Å². The molecule has 1 aliphatic rings. The van der Waals surface area contributed by atoms with Crippen LogP contribution in [-0.4, -0.2) is 52.0 Å². The Morgan fingerprint density at radius 2 is 1.75 bits per heavy atom. The van der Waals surface area contributed by atoms with E-state index in [2.05, 4.69) is 30.9 Å². The second kappa shape index (κ2) is 12.9. The topological polar surface area (TPSA) is 121 Å². The Kier molecular flexibility index (Phi) is 9.59. The molecule has 0 spiro atoms. The molecule has 0 bridgehead atoms. The van der Waals surface area contributed by atoms with Gasteiger partial charge >= 0.3 is 6.18 Å². The number of aromatic amines is 1. The van der Waals surface area contributed by atoms with Crippen molar-refractivity contribution in [3.63, 3.8) is 0 Å². The van der Waals surface area contributed by atoms with Crippen LogP contribution in [0.25, 0.3) is 11.2 Å². The number of halogens is 7. The van der Waals surface area contributed by atoms with Crippen LogP contribution in [0, 0.1) is 23.0 Å². The van der Waals surface area contributed by atoms with E-state index in [0.717, 1.165) is 6.07 Å². The molecule has 0 unspecified atom stereocenters. The van der Waals surface area contributed by atoms with Gasteiger partial charge in [0.1, 0.15) is 17.1 Å². The van der Waals surface area contributed by atoms with E-state index in [1.807, 2.05) is 0 Å². The molecule has 4 N–H and O–H groups in total. The van der Waals surface area contributed by atoms with Gasteiger partial charge in [-0.2, -0.15) is 23.1 Å². The molecule has 0 radical (unpaired) electrons. The molecule has 44 heavy (non-hydrogen) atoms. The van der Waals surface area contributed by atoms with Gasteiger partial charge in [0.25, 0.3) is 12.3 Å². The zero-order valence-electron chi connectivity index (χ0n) is 24.0. The first-order valence-corrected chi connectivity index (χ1v) is 13.7. The molecule has 2 aromatic heterocycles. The van der Waals surface area contributed by atoms with Crippen LogP contribution in [0.15, 0.2) is 18.2 Å². The Morgan fingerprint density at radius 1 is 1.07 bits per heavy atom. The predicted molar refractivity (Wildman–Crippen MR) is 146 cm³/mol. The summed E-state index contributed by atoms with van der Waals surface area (Å²) in [6, 6.07) is 2.76. The number of hydrogen-bond acceptors (Lipinski definition) is 6. The van der Waals surface area contributed by atoms with Crippen molar-refractivity contribution in [1.82, 2.24) is 25.6 Å². The van der Waals surface area contributed by atoms with Crippen LogP contribution in [0.2, 0.25) is 0 Å². The number of nitrogens with zero attached hydrogens (tertiary/aromatic N) is 2. The average molecular weight is 633 g/mol. The lowest BCUT2D eigenvalue weighted by Crippen LogP contribution is -2.40. The summed E-state index contributed by atoms with van der Waals surface area (Å²) in [5, 5.41) is 7.64. The number of rotatable bonds is 9. The number of carbonyl (C=O) groups excluding carboxylic acids is 2. The Hall–Kier alpha value is -4.11. The van der Waals surface area contributed by atoms with Crippen LogP contribution in [0.3, 0.4) is 0 Å². The van der Waals surface area contributed by atoms with Gasteiger partial charge in [0.2, 0.25) is 17.7 Å². The van der Waals surface area contributed by atoms with Gasteiger partial charge in [0, 0.05) is 23.6 Å². The molecule has 4 rings (SSSR count). The van der Waals surface area contributed by atoms with Crippen LogP contribution in [0.1, 0.15) is 62.4 Å². The third-order valence-corrected chi connectivity index (χ3v) is 7.09. The average Bonchev–Trinajstić information content (AvgIpc) is 3.33. The maximum atomic E-state index is 15.2. The number of carbonyl (C=O) groups is 2. The van der Waals surface area contributed by atoms with Crippen LogP contribution in [-0.2, 0) is 11.3 Å². The van der Waals surface area contributed by atoms with Gasteiger partial charge < -0.3 is 25.7 Å². The van der Waals surface area contributed by atoms with E-state index in [1.165, 1.54) is 12.1 Å². The number of benzene rings is 1. The fourth-order valence-electron chi connectivity index (χ4n) is 4.63. The highest BCUT2D eigenvalue weighted by atomic mass is 19.4. The number of ether oxygens (including phenoxy) is 1. The second-order valence-corrected chi connectivity index (χ2v) is 11.5. The summed E-state index contributed by atoms with van der Waals surface area (Å²) in [4.78, 5) is 36.0. The van der Waals surface area contributed by atoms with Crippen molar-refractivity contribution in [2.75, 3.05) is 11.9 Å². The molecule has 1 fully saturated rings. The van der Waals surface area contributed by atoms with Crippen LogP contribution < -0.4 is 20.7 Å². The van der Waals surface area contributed by atoms with Crippen LogP contribution in [0.4, 0.5) is 42.4 Å². The quantitative estimate of drug-likeness (QED) is 0.211. The molecule has 2 heterocycles. The molecule has 3 aromatic rings. The van der Waals surface area contributed by atoms with Gasteiger partial charge in [0.15, 0.2) is 18.1 Å². The summed E-state index contributed by atoms with van der Waals surface area (Å²) >= 11 is 0. The first kappa shape index (κ1) is 32.8. The van der Waals surface area contributed by atoms with Crippen molar-refractivity contribution in [2.24, 2.45) is 11.3 Å². The zero-order chi connectivity index (χ0) is 32.4. The van der Waals surface area contributed by atoms with Crippen molar-refractivity contribution >= 4 is 34.6 Å². The number of nitrogens with one attached hydrogen (secondary N) is 4. The summed E-state index contributed by atoms with van der Waals surface area (Å²) in [5.41, 5.74) is -1.73. The van der Waals surface area contributed by atoms with Crippen molar-refractivity contribution in [2.45, 2.75) is 71.6 Å². The molecule has 1 aromatic carbocycles. The summed E-state index contributed by atoms with van der Waals surface area (Å²) in [6.45, 7) is 3.69. The second-order valence-electron chi connectivity index (χ2n) is 11.5. The first-order valence-electron chi connectivity index (χ1n) is 13.7. The van der Waals surface area contributed by atoms with Gasteiger partial charge in [-0.15, -0.1) is 0 Å². The number of amides is 2. The number of imidazole rings is 1. The zero-order valence-corrected chi connectivity index (χ0v) is 24.0. The van der Waals surface area contributed by atoms with Gasteiger partial charge in [-0.3, -0.25) is 9.59 Å². The number of aromatic nitrogens is 3. The minimum absolute atomic E-state index is 0.0216. The number of hydrogen-bond donors (Lipinski definition) is 4. The number of anilines is 2. The number of H-pyrrole nitrogens is 1. The van der Waals surface area contributed by atoms with E-state index in [9.17, 15) is 35.9 Å². The molecule has 2 amide bonds. The van der Waals surface area contributed by atoms with Crippen LogP contribution in [0.5, 0.6) is 5.88 Å². The predicted octanol–water partition coefficient (Wildman–Crippen LogP) is 6.14. The third-order valence-electron chi connectivity index (χ3n) is 7.09. The molecule has 16 heteroatoms. The van der Waals surface area contributed by atoms with Gasteiger partial charge in [-0.25, -0.2) is 17.6 Å². The van der Waals surface area contributed by atoms with E-state index in [4.69, 9.17) is 4.74 Å². The maximum absolute atomic E-state index is 15.2. The monoisotopic (exact) mass is 632 g/mol. The van der Waals surface area contributed by atoms with E-state index < -0.39 is 65.7 Å². The SMILES string of the molecule is CC(C)(C)C(=O)NCc1ccc(F)c(Nc2nc3nc(OCC(F)F)c(C(=O)NC4CCC(C(F)(F)F)CC4)cc3[nH]2)c1F. The molecule has 1 aliphatic carbocycles. The summed E-state index contributed by atoms with van der Waals surface area (Å²) in [6.07, 6.45) is -7.47. The highest BCUT2D eigenvalue weighted by Gasteiger charge is 2.41. The molecule has 0 atom stereocenters. The lowest BCUT2D eigenvalue weighted by atomic mass is 9.85. The van der Waals surface area contributed by atoms with Gasteiger partial charge in [-0.1, -0.05) is 26.8 Å². The van der Waals surface area contributed by atoms with Crippen molar-refractivity contribution in [3.8, 4) is 5.88 Å².